The molecule has 12 heteroatoms. The number of thioether (sulfide) groups is 1. The van der Waals surface area contributed by atoms with Crippen LogP contribution in [0.3, 0.4) is 0 Å². The molecule has 1 unspecified atom stereocenters. The minimum atomic E-state index is -1.40. The van der Waals surface area contributed by atoms with Crippen LogP contribution in [-0.2, 0) is 9.67 Å². The number of nitrogens with zero attached hydrogens (tertiary/aromatic N) is 4. The van der Waals surface area contributed by atoms with Gasteiger partial charge in [-0.3, -0.25) is 19.9 Å². The second kappa shape index (κ2) is 10.7. The molecule has 0 saturated carbocycles. The minimum Gasteiger partial charge on any atom is -0.383 e. The molecule has 0 aromatic heterocycles. The Bertz CT molecular complexity index is 1130. The Hall–Kier alpha value is -3.38. The largest absolute Gasteiger partial charge is 0.383 e. The predicted molar refractivity (Wildman–Crippen MR) is 125 cm³/mol. The number of halogens is 2. The number of aliphatic imine (C=N–C) groups is 1. The Kier molecular flexibility index (Phi) is 7.94. The molecule has 2 aromatic carbocycles. The van der Waals surface area contributed by atoms with Crippen molar-refractivity contribution >= 4 is 28.5 Å². The number of aliphatic hydroxyl groups excluding tert-OH is 1. The molecule has 0 aliphatic carbocycles. The maximum atomic E-state index is 14.6. The number of amidine groups is 1. The second-order valence-corrected chi connectivity index (χ2v) is 8.84. The van der Waals surface area contributed by atoms with E-state index in [1.165, 1.54) is 6.92 Å². The lowest BCUT2D eigenvalue weighted by molar-refractivity contribution is -0.463. The topological polar surface area (TPSA) is 134 Å². The normalized spacial score (nSPS) is 19.1. The second-order valence-electron chi connectivity index (χ2n) is 7.58. The van der Waals surface area contributed by atoms with Crippen LogP contribution in [-0.4, -0.2) is 51.0 Å². The number of carbonyl (C=O) groups excluding carboxylic acids is 1. The van der Waals surface area contributed by atoms with Crippen molar-refractivity contribution in [2.45, 2.75) is 30.7 Å². The highest BCUT2D eigenvalue weighted by Crippen LogP contribution is 2.50. The zero-order valence-electron chi connectivity index (χ0n) is 18.2. The molecule has 3 N–H and O–H groups in total. The van der Waals surface area contributed by atoms with E-state index in [0.29, 0.717) is 12.0 Å². The van der Waals surface area contributed by atoms with Crippen molar-refractivity contribution < 1.29 is 23.6 Å². The van der Waals surface area contributed by atoms with Gasteiger partial charge in [-0.25, -0.2) is 13.8 Å². The highest BCUT2D eigenvalue weighted by Gasteiger charge is 2.49. The number of nitrogens with two attached hydrogens (primary N) is 1. The number of aliphatic hydroxyl groups is 1. The maximum Gasteiger partial charge on any atom is 0.272 e. The summed E-state index contributed by atoms with van der Waals surface area (Å²) in [6.45, 7) is 0.841. The lowest BCUT2D eigenvalue weighted by Crippen LogP contribution is -2.45. The van der Waals surface area contributed by atoms with Crippen LogP contribution in [0.4, 0.5) is 8.78 Å². The fourth-order valence-electron chi connectivity index (χ4n) is 3.47. The summed E-state index contributed by atoms with van der Waals surface area (Å²) in [5.41, 5.74) is 6.10. The Morgan fingerprint density at radius 2 is 2.03 bits per heavy atom. The van der Waals surface area contributed by atoms with Gasteiger partial charge in [0.25, 0.3) is 12.5 Å². The third kappa shape index (κ3) is 5.57. The van der Waals surface area contributed by atoms with Gasteiger partial charge in [0.05, 0.1) is 0 Å². The molecule has 0 saturated heterocycles. The number of hydrogen-bond donors (Lipinski definition) is 2. The van der Waals surface area contributed by atoms with E-state index in [9.17, 15) is 28.8 Å². The third-order valence-corrected chi connectivity index (χ3v) is 6.47. The molecular weight excluding hydrogens is 468 g/mol. The molecule has 0 fully saturated rings. The monoisotopic (exact) mass is 491 g/mol. The molecule has 1 aliphatic heterocycles. The molecule has 9 nitrogen and oxygen atoms in total. The first kappa shape index (κ1) is 25.2. The minimum absolute atomic E-state index is 0.0752. The van der Waals surface area contributed by atoms with Gasteiger partial charge in [0.1, 0.15) is 27.7 Å². The van der Waals surface area contributed by atoms with E-state index in [0.717, 1.165) is 35.0 Å². The maximum absolute atomic E-state index is 14.6. The summed E-state index contributed by atoms with van der Waals surface area (Å²) >= 11 is 1.06. The summed E-state index contributed by atoms with van der Waals surface area (Å²) in [5.74, 6) is -2.23. The summed E-state index contributed by atoms with van der Waals surface area (Å²) in [4.78, 5) is 25.8. The summed E-state index contributed by atoms with van der Waals surface area (Å²) in [7, 11) is 0. The van der Waals surface area contributed by atoms with Crippen molar-refractivity contribution in [3.8, 4) is 0 Å². The Morgan fingerprint density at radius 1 is 1.32 bits per heavy atom. The first-order valence-electron chi connectivity index (χ1n) is 10.4. The molecule has 1 heterocycles. The number of nitro groups is 1. The van der Waals surface area contributed by atoms with Crippen LogP contribution in [0, 0.1) is 21.7 Å². The quantitative estimate of drug-likeness (QED) is 0.182. The van der Waals surface area contributed by atoms with Gasteiger partial charge in [0, 0.05) is 17.0 Å². The predicted octanol–water partition coefficient (Wildman–Crippen LogP) is 2.85. The number of carbonyl (C=O) groups is 1. The fourth-order valence-corrected chi connectivity index (χ4v) is 4.90. The van der Waals surface area contributed by atoms with Crippen molar-refractivity contribution in [2.24, 2.45) is 15.8 Å². The van der Waals surface area contributed by atoms with Crippen molar-refractivity contribution in [2.75, 3.05) is 13.1 Å². The molecule has 2 atom stereocenters. The van der Waals surface area contributed by atoms with Crippen LogP contribution < -0.4 is 5.73 Å². The smallest absolute Gasteiger partial charge is 0.272 e. The lowest BCUT2D eigenvalue weighted by Gasteiger charge is -2.36. The molecule has 0 bridgehead atoms. The standard InChI is InChI=1S/C22H23F2N5O4S/c1-14(30)21(31)29-22(15-6-3-2-4-7-15,10-5-11-26-19(25)13-28(32)33)34-20(27-29)17-12-16(23)8-9-18(17)24/h2-4,6-9,12,14,30H,5,10-11,13H2,1H3,(H2,25,26)/t14-,22?/m0/s1. The van der Waals surface area contributed by atoms with E-state index in [4.69, 9.17) is 5.73 Å². The molecule has 1 aliphatic rings. The molecule has 34 heavy (non-hydrogen) atoms. The van der Waals surface area contributed by atoms with E-state index in [1.54, 1.807) is 30.3 Å². The zero-order chi connectivity index (χ0) is 24.9. The van der Waals surface area contributed by atoms with Crippen molar-refractivity contribution in [3.05, 3.63) is 81.4 Å². The average Bonchev–Trinajstić information content (AvgIpc) is 3.18. The summed E-state index contributed by atoms with van der Waals surface area (Å²) in [6.07, 6.45) is -0.838. The average molecular weight is 492 g/mol. The van der Waals surface area contributed by atoms with Gasteiger partial charge in [-0.2, -0.15) is 5.10 Å². The third-order valence-electron chi connectivity index (χ3n) is 5.03. The molecular formula is C22H23F2N5O4S. The number of benzene rings is 2. The van der Waals surface area contributed by atoms with Crippen LogP contribution in [0.1, 0.15) is 30.9 Å². The van der Waals surface area contributed by atoms with Gasteiger partial charge >= 0.3 is 0 Å². The molecule has 0 radical (unpaired) electrons. The van der Waals surface area contributed by atoms with E-state index < -0.39 is 40.0 Å². The van der Waals surface area contributed by atoms with Gasteiger partial charge in [0.15, 0.2) is 5.84 Å². The molecule has 3 rings (SSSR count). The highest BCUT2D eigenvalue weighted by molar-refractivity contribution is 8.15. The number of rotatable bonds is 9. The van der Waals surface area contributed by atoms with Gasteiger partial charge < -0.3 is 10.8 Å². The molecule has 2 aromatic rings. The Balaban J connectivity index is 2.01. The van der Waals surface area contributed by atoms with Gasteiger partial charge in [-0.05, 0) is 43.5 Å². The fraction of sp³-hybridized carbons (Fsp3) is 0.318. The first-order valence-corrected chi connectivity index (χ1v) is 11.2. The number of hydrazone groups is 1. The van der Waals surface area contributed by atoms with Crippen LogP contribution in [0.15, 0.2) is 58.6 Å². The van der Waals surface area contributed by atoms with Crippen molar-refractivity contribution in [1.82, 2.24) is 5.01 Å². The van der Waals surface area contributed by atoms with Crippen LogP contribution in [0.5, 0.6) is 0 Å². The van der Waals surface area contributed by atoms with Crippen LogP contribution >= 0.6 is 11.8 Å². The highest BCUT2D eigenvalue weighted by atomic mass is 32.2. The van der Waals surface area contributed by atoms with E-state index in [-0.39, 0.29) is 29.4 Å². The van der Waals surface area contributed by atoms with E-state index in [1.807, 2.05) is 0 Å². The van der Waals surface area contributed by atoms with E-state index >= 15 is 0 Å². The Morgan fingerprint density at radius 3 is 2.68 bits per heavy atom. The van der Waals surface area contributed by atoms with Crippen LogP contribution in [0.25, 0.3) is 0 Å². The SMILES string of the molecule is C[C@H](O)C(=O)N1N=C(c2cc(F)ccc2F)SC1(CCCN=C(N)C[N+](=O)[O-])c1ccccc1. The summed E-state index contributed by atoms with van der Waals surface area (Å²) < 4.78 is 28.5. The summed E-state index contributed by atoms with van der Waals surface area (Å²) in [5, 5.41) is 26.1. The lowest BCUT2D eigenvalue weighted by atomic mass is 10.00. The molecule has 180 valence electrons. The summed E-state index contributed by atoms with van der Waals surface area (Å²) in [6, 6.07) is 11.8. The van der Waals surface area contributed by atoms with Gasteiger partial charge in [-0.1, -0.05) is 42.1 Å². The van der Waals surface area contributed by atoms with Gasteiger partial charge in [-0.15, -0.1) is 0 Å². The van der Waals surface area contributed by atoms with Gasteiger partial charge in [0.2, 0.25) is 0 Å². The number of hydrogen-bond acceptors (Lipinski definition) is 7. The molecule has 1 amide bonds. The Labute approximate surface area is 198 Å². The first-order chi connectivity index (χ1) is 16.1. The van der Waals surface area contributed by atoms with E-state index in [2.05, 4.69) is 10.1 Å². The van der Waals surface area contributed by atoms with Crippen molar-refractivity contribution in [3.63, 3.8) is 0 Å². The number of amides is 1. The molecule has 0 spiro atoms. The van der Waals surface area contributed by atoms with Crippen LogP contribution in [0.2, 0.25) is 0 Å². The van der Waals surface area contributed by atoms with Crippen molar-refractivity contribution in [1.29, 1.82) is 0 Å². The zero-order valence-corrected chi connectivity index (χ0v) is 19.0.